The highest BCUT2D eigenvalue weighted by Gasteiger charge is 2.02. The Morgan fingerprint density at radius 3 is 1.11 bits per heavy atom. The van der Waals surface area contributed by atoms with Gasteiger partial charge in [-0.05, 0) is 59.7 Å². The molecular weight excluding hydrogens is 228 g/mol. The van der Waals surface area contributed by atoms with Gasteiger partial charge in [-0.3, -0.25) is 0 Å². The summed E-state index contributed by atoms with van der Waals surface area (Å²) in [6.07, 6.45) is 0. The lowest BCUT2D eigenvalue weighted by atomic mass is 10.1. The largest absolute Gasteiger partial charge is 0.629 e. The fourth-order valence-corrected chi connectivity index (χ4v) is 1.79. The molecule has 2 aromatic rings. The average molecular weight is 244 g/mol. The smallest absolute Gasteiger partial charge is 0.131 e. The van der Waals surface area contributed by atoms with Crippen molar-refractivity contribution in [3.05, 3.63) is 58.9 Å². The first-order valence-corrected chi connectivity index (χ1v) is 5.80. The highest BCUT2D eigenvalue weighted by molar-refractivity contribution is 5.65. The number of benzene rings is 2. The van der Waals surface area contributed by atoms with Crippen molar-refractivity contribution in [1.29, 1.82) is 0 Å². The van der Waals surface area contributed by atoms with Gasteiger partial charge in [-0.15, -0.1) is 0 Å². The summed E-state index contributed by atoms with van der Waals surface area (Å²) >= 11 is 0. The summed E-state index contributed by atoms with van der Waals surface area (Å²) in [4.78, 5) is 0. The molecule has 2 N–H and O–H groups in total. The van der Waals surface area contributed by atoms with Gasteiger partial charge in [0, 0.05) is 0 Å². The highest BCUT2D eigenvalue weighted by Crippen LogP contribution is 2.21. The van der Waals surface area contributed by atoms with E-state index in [1.165, 1.54) is 0 Å². The zero-order valence-electron chi connectivity index (χ0n) is 10.4. The van der Waals surface area contributed by atoms with E-state index in [1.807, 2.05) is 48.5 Å². The first-order valence-electron chi connectivity index (χ1n) is 5.80. The number of rotatable bonds is 3. The molecule has 0 saturated carbocycles. The second-order valence-electron chi connectivity index (χ2n) is 4.27. The summed E-state index contributed by atoms with van der Waals surface area (Å²) in [5, 5.41) is 22.5. The molecule has 0 aromatic heterocycles. The van der Waals surface area contributed by atoms with Crippen LogP contribution in [0.1, 0.15) is 0 Å². The Kier molecular flexibility index (Phi) is 3.74. The minimum Gasteiger partial charge on any atom is -0.629 e. The van der Waals surface area contributed by atoms with Crippen LogP contribution in [0.3, 0.4) is 0 Å². The minimum absolute atomic E-state index is 0.0634. The molecule has 4 heteroatoms. The molecule has 2 unspecified atom stereocenters. The van der Waals surface area contributed by atoms with E-state index in [0.717, 1.165) is 11.1 Å². The molecule has 0 fully saturated rings. The first-order chi connectivity index (χ1) is 8.58. The van der Waals surface area contributed by atoms with E-state index in [-0.39, 0.29) is 10.1 Å². The molecule has 2 atom stereocenters. The van der Waals surface area contributed by atoms with Gasteiger partial charge in [-0.1, -0.05) is 0 Å². The van der Waals surface area contributed by atoms with Gasteiger partial charge >= 0.3 is 0 Å². The second-order valence-corrected chi connectivity index (χ2v) is 4.27. The van der Waals surface area contributed by atoms with Crippen molar-refractivity contribution in [3.63, 3.8) is 0 Å². The maximum absolute atomic E-state index is 11.2. The second kappa shape index (κ2) is 5.29. The number of hydrogen-bond acceptors (Lipinski definition) is 2. The van der Waals surface area contributed by atoms with Gasteiger partial charge in [-0.2, -0.15) is 0 Å². The van der Waals surface area contributed by atoms with Gasteiger partial charge in [0.05, 0.1) is 14.1 Å². The van der Waals surface area contributed by atoms with Gasteiger partial charge in [0.2, 0.25) is 0 Å². The topological polar surface area (TPSA) is 55.0 Å². The molecule has 0 aliphatic carbocycles. The molecule has 0 amide bonds. The van der Waals surface area contributed by atoms with E-state index < -0.39 is 0 Å². The Hall–Kier alpha value is -1.72. The Labute approximate surface area is 106 Å². The summed E-state index contributed by atoms with van der Waals surface area (Å²) in [7, 11) is 3.10. The summed E-state index contributed by atoms with van der Waals surface area (Å²) in [6, 6.07) is 14.9. The molecule has 0 aliphatic heterocycles. The first kappa shape index (κ1) is 12.7. The van der Waals surface area contributed by atoms with Crippen LogP contribution in [-0.4, -0.2) is 14.1 Å². The number of hydroxylamine groups is 2. The van der Waals surface area contributed by atoms with Crippen LogP contribution in [0.15, 0.2) is 48.5 Å². The number of hydrogen-bond donors (Lipinski definition) is 2. The molecule has 4 nitrogen and oxygen atoms in total. The van der Waals surface area contributed by atoms with Crippen molar-refractivity contribution in [3.8, 4) is 11.1 Å². The predicted molar refractivity (Wildman–Crippen MR) is 71.7 cm³/mol. The molecule has 18 heavy (non-hydrogen) atoms. The van der Waals surface area contributed by atoms with Crippen molar-refractivity contribution in [2.45, 2.75) is 0 Å². The maximum atomic E-state index is 11.2. The van der Waals surface area contributed by atoms with Crippen LogP contribution in [0.4, 0.5) is 11.4 Å². The van der Waals surface area contributed by atoms with Crippen LogP contribution in [0, 0.1) is 10.4 Å². The van der Waals surface area contributed by atoms with E-state index in [0.29, 0.717) is 11.4 Å². The van der Waals surface area contributed by atoms with Crippen molar-refractivity contribution >= 4 is 11.4 Å². The molecule has 0 heterocycles. The summed E-state index contributed by atoms with van der Waals surface area (Å²) in [5.41, 5.74) is 3.49. The number of quaternary nitrogens is 2. The lowest BCUT2D eigenvalue weighted by molar-refractivity contribution is -0.751. The summed E-state index contributed by atoms with van der Waals surface area (Å²) < 4.78 is 0. The lowest BCUT2D eigenvalue weighted by Crippen LogP contribution is -2.98. The van der Waals surface area contributed by atoms with Crippen LogP contribution in [0.25, 0.3) is 11.1 Å². The van der Waals surface area contributed by atoms with Crippen molar-refractivity contribution in [2.24, 2.45) is 0 Å². The predicted octanol–water partition coefficient (Wildman–Crippen LogP) is 0.642. The molecule has 0 aliphatic rings. The van der Waals surface area contributed by atoms with Crippen molar-refractivity contribution in [2.75, 3.05) is 14.1 Å². The van der Waals surface area contributed by atoms with E-state index in [4.69, 9.17) is 0 Å². The van der Waals surface area contributed by atoms with Gasteiger partial charge in [-0.25, -0.2) is 0 Å². The average Bonchev–Trinajstić information content (AvgIpc) is 2.39. The Bertz CT molecular complexity index is 455. The summed E-state index contributed by atoms with van der Waals surface area (Å²) in [5.74, 6) is 0. The van der Waals surface area contributed by atoms with E-state index in [2.05, 4.69) is 0 Å². The molecule has 94 valence electrons. The molecular formula is C14H16N2O2. The normalized spacial score (nSPS) is 14.2. The van der Waals surface area contributed by atoms with Crippen molar-refractivity contribution < 1.29 is 10.1 Å². The zero-order chi connectivity index (χ0) is 13.1. The number of nitrogens with one attached hydrogen (secondary N) is 2. The van der Waals surface area contributed by atoms with E-state index in [9.17, 15) is 10.4 Å². The van der Waals surface area contributed by atoms with E-state index in [1.54, 1.807) is 14.1 Å². The fourth-order valence-electron chi connectivity index (χ4n) is 1.79. The third-order valence-electron chi connectivity index (χ3n) is 2.92. The standard InChI is InChI=1S/C14H16N2O2/c1-15(17)13-7-3-11(4-8-13)12-5-9-14(10-6-12)16(2)18/h3-10,15-16H,1-2H3. The molecule has 0 radical (unpaired) electrons. The Balaban J connectivity index is 2.25. The van der Waals surface area contributed by atoms with Crippen LogP contribution < -0.4 is 10.1 Å². The highest BCUT2D eigenvalue weighted by atomic mass is 16.5. The maximum Gasteiger partial charge on any atom is 0.131 e. The van der Waals surface area contributed by atoms with Crippen LogP contribution in [0.5, 0.6) is 0 Å². The van der Waals surface area contributed by atoms with E-state index >= 15 is 0 Å². The fraction of sp³-hybridized carbons (Fsp3) is 0.143. The quantitative estimate of drug-likeness (QED) is 0.779. The molecule has 2 rings (SSSR count). The third kappa shape index (κ3) is 2.75. The van der Waals surface area contributed by atoms with Crippen LogP contribution in [-0.2, 0) is 0 Å². The summed E-state index contributed by atoms with van der Waals surface area (Å²) in [6.45, 7) is 0. The Morgan fingerprint density at radius 1 is 0.611 bits per heavy atom. The lowest BCUT2D eigenvalue weighted by Gasteiger charge is -2.16. The third-order valence-corrected chi connectivity index (χ3v) is 2.92. The van der Waals surface area contributed by atoms with Gasteiger partial charge < -0.3 is 20.5 Å². The van der Waals surface area contributed by atoms with Crippen LogP contribution >= 0.6 is 0 Å². The molecule has 0 bridgehead atoms. The molecule has 0 spiro atoms. The monoisotopic (exact) mass is 244 g/mol. The zero-order valence-corrected chi connectivity index (χ0v) is 10.4. The SMILES string of the molecule is C[NH+]([O-])c1ccc(-c2ccc([NH+](C)[O-])cc2)cc1. The Morgan fingerprint density at radius 2 is 0.889 bits per heavy atom. The van der Waals surface area contributed by atoms with Gasteiger partial charge in [0.25, 0.3) is 0 Å². The van der Waals surface area contributed by atoms with Crippen LogP contribution in [0.2, 0.25) is 0 Å². The molecule has 0 saturated heterocycles. The molecule has 2 aromatic carbocycles. The van der Waals surface area contributed by atoms with Gasteiger partial charge in [0.15, 0.2) is 0 Å². The van der Waals surface area contributed by atoms with Gasteiger partial charge in [0.1, 0.15) is 11.4 Å². The van der Waals surface area contributed by atoms with Crippen molar-refractivity contribution in [1.82, 2.24) is 0 Å². The minimum atomic E-state index is 0.0634.